The average molecular weight is 407 g/mol. The third-order valence-electron chi connectivity index (χ3n) is 4.80. The second-order valence-corrected chi connectivity index (χ2v) is 9.54. The van der Waals surface area contributed by atoms with Crippen LogP contribution in [0.4, 0.5) is 4.79 Å². The maximum Gasteiger partial charge on any atom is 0.410 e. The van der Waals surface area contributed by atoms with Crippen LogP contribution in [0.15, 0.2) is 29.8 Å². The van der Waals surface area contributed by atoms with E-state index in [-0.39, 0.29) is 6.09 Å². The van der Waals surface area contributed by atoms with Crippen molar-refractivity contribution in [2.24, 2.45) is 5.92 Å². The van der Waals surface area contributed by atoms with Crippen LogP contribution >= 0.6 is 11.6 Å². The molecule has 1 aliphatic heterocycles. The van der Waals surface area contributed by atoms with Crippen molar-refractivity contribution in [3.05, 3.63) is 40.4 Å². The largest absolute Gasteiger partial charge is 0.444 e. The lowest BCUT2D eigenvalue weighted by molar-refractivity contribution is 0.0152. The standard InChI is InChI=1S/C23H35ClN2O2/c1-17(2)15-21(19-7-9-20(24)10-8-19)18(3)16-25-11-13-26(14-12-25)22(27)28-23(4,5)6/h7-10,17H,11-16H2,1-6H3. The van der Waals surface area contributed by atoms with Crippen molar-refractivity contribution in [3.63, 3.8) is 0 Å². The van der Waals surface area contributed by atoms with Gasteiger partial charge in [0.25, 0.3) is 0 Å². The fourth-order valence-corrected chi connectivity index (χ4v) is 3.57. The van der Waals surface area contributed by atoms with E-state index < -0.39 is 5.60 Å². The molecule has 1 saturated heterocycles. The van der Waals surface area contributed by atoms with Gasteiger partial charge in [0.15, 0.2) is 0 Å². The number of rotatable bonds is 5. The lowest BCUT2D eigenvalue weighted by Gasteiger charge is -2.36. The van der Waals surface area contributed by atoms with Crippen LogP contribution in [0.1, 0.15) is 53.5 Å². The number of amides is 1. The summed E-state index contributed by atoms with van der Waals surface area (Å²) in [5.74, 6) is 0.588. The van der Waals surface area contributed by atoms with Gasteiger partial charge in [-0.1, -0.05) is 43.2 Å². The molecule has 4 nitrogen and oxygen atoms in total. The smallest absolute Gasteiger partial charge is 0.410 e. The predicted molar refractivity (Wildman–Crippen MR) is 118 cm³/mol. The van der Waals surface area contributed by atoms with Crippen molar-refractivity contribution in [1.82, 2.24) is 9.80 Å². The SMILES string of the molecule is CC(CN1CCN(C(=O)OC(C)(C)C)CC1)=C(CC(C)C)c1ccc(Cl)cc1. The van der Waals surface area contributed by atoms with E-state index in [1.54, 1.807) is 0 Å². The molecule has 0 aliphatic carbocycles. The first-order valence-corrected chi connectivity index (χ1v) is 10.6. The Kier molecular flexibility index (Phi) is 7.97. The van der Waals surface area contributed by atoms with Crippen molar-refractivity contribution >= 4 is 23.3 Å². The Morgan fingerprint density at radius 2 is 1.68 bits per heavy atom. The highest BCUT2D eigenvalue weighted by molar-refractivity contribution is 6.30. The molecule has 0 bridgehead atoms. The third-order valence-corrected chi connectivity index (χ3v) is 5.06. The second-order valence-electron chi connectivity index (χ2n) is 9.11. The zero-order valence-electron chi connectivity index (χ0n) is 18.2. The minimum atomic E-state index is -0.447. The van der Waals surface area contributed by atoms with Gasteiger partial charge < -0.3 is 9.64 Å². The highest BCUT2D eigenvalue weighted by Gasteiger charge is 2.26. The van der Waals surface area contributed by atoms with Gasteiger partial charge in [-0.2, -0.15) is 0 Å². The summed E-state index contributed by atoms with van der Waals surface area (Å²) in [5.41, 5.74) is 3.60. The van der Waals surface area contributed by atoms with E-state index in [9.17, 15) is 4.79 Å². The predicted octanol–water partition coefficient (Wildman–Crippen LogP) is 5.71. The van der Waals surface area contributed by atoms with E-state index in [0.29, 0.717) is 19.0 Å². The molecule has 1 aromatic rings. The molecule has 0 N–H and O–H groups in total. The Labute approximate surface area is 175 Å². The maximum absolute atomic E-state index is 12.2. The zero-order valence-corrected chi connectivity index (χ0v) is 19.0. The number of hydrogen-bond acceptors (Lipinski definition) is 3. The van der Waals surface area contributed by atoms with Crippen LogP contribution < -0.4 is 0 Å². The summed E-state index contributed by atoms with van der Waals surface area (Å²) in [6.07, 6.45) is 0.840. The topological polar surface area (TPSA) is 32.8 Å². The average Bonchev–Trinajstić information content (AvgIpc) is 2.59. The van der Waals surface area contributed by atoms with Crippen LogP contribution in [0.2, 0.25) is 5.02 Å². The van der Waals surface area contributed by atoms with E-state index in [4.69, 9.17) is 16.3 Å². The van der Waals surface area contributed by atoms with Gasteiger partial charge in [0.2, 0.25) is 0 Å². The number of allylic oxidation sites excluding steroid dienone is 1. The number of benzene rings is 1. The van der Waals surface area contributed by atoms with Crippen molar-refractivity contribution < 1.29 is 9.53 Å². The molecule has 0 spiro atoms. The van der Waals surface area contributed by atoms with Gasteiger partial charge in [-0.05, 0) is 63.3 Å². The summed E-state index contributed by atoms with van der Waals surface area (Å²) < 4.78 is 5.49. The summed E-state index contributed by atoms with van der Waals surface area (Å²) >= 11 is 6.07. The maximum atomic E-state index is 12.2. The molecule has 1 amide bonds. The van der Waals surface area contributed by atoms with Gasteiger partial charge in [0, 0.05) is 37.7 Å². The molecule has 5 heteroatoms. The van der Waals surface area contributed by atoms with E-state index in [1.807, 2.05) is 37.8 Å². The molecule has 0 saturated carbocycles. The summed E-state index contributed by atoms with van der Waals surface area (Å²) in [5, 5.41) is 0.767. The molecule has 0 atom stereocenters. The van der Waals surface area contributed by atoms with Crippen molar-refractivity contribution in [3.8, 4) is 0 Å². The quantitative estimate of drug-likeness (QED) is 0.627. The highest BCUT2D eigenvalue weighted by Crippen LogP contribution is 2.28. The summed E-state index contributed by atoms with van der Waals surface area (Å²) in [6, 6.07) is 8.15. The molecule has 0 unspecified atom stereocenters. The third kappa shape index (κ3) is 7.14. The number of carbonyl (C=O) groups is 1. The normalized spacial score (nSPS) is 16.9. The van der Waals surface area contributed by atoms with Gasteiger partial charge in [-0.3, -0.25) is 4.90 Å². The molecule has 1 fully saturated rings. The van der Waals surface area contributed by atoms with E-state index in [0.717, 1.165) is 31.1 Å². The number of carbonyl (C=O) groups excluding carboxylic acids is 1. The minimum absolute atomic E-state index is 0.207. The van der Waals surface area contributed by atoms with E-state index in [1.165, 1.54) is 16.7 Å². The number of ether oxygens (including phenoxy) is 1. The zero-order chi connectivity index (χ0) is 20.9. The fourth-order valence-electron chi connectivity index (χ4n) is 3.44. The Bertz CT molecular complexity index is 682. The van der Waals surface area contributed by atoms with Crippen LogP contribution in [0.5, 0.6) is 0 Å². The monoisotopic (exact) mass is 406 g/mol. The van der Waals surface area contributed by atoms with Crippen LogP contribution in [0.3, 0.4) is 0 Å². The molecule has 0 aromatic heterocycles. The van der Waals surface area contributed by atoms with Crippen LogP contribution in [-0.4, -0.2) is 54.2 Å². The summed E-state index contributed by atoms with van der Waals surface area (Å²) in [4.78, 5) is 16.5. The van der Waals surface area contributed by atoms with Gasteiger partial charge in [-0.25, -0.2) is 4.79 Å². The Morgan fingerprint density at radius 1 is 1.11 bits per heavy atom. The van der Waals surface area contributed by atoms with Gasteiger partial charge in [0.05, 0.1) is 0 Å². The van der Waals surface area contributed by atoms with Crippen LogP contribution in [-0.2, 0) is 4.74 Å². The second kappa shape index (κ2) is 9.80. The fraction of sp³-hybridized carbons (Fsp3) is 0.609. The first-order valence-electron chi connectivity index (χ1n) is 10.2. The molecule has 1 aliphatic rings. The van der Waals surface area contributed by atoms with E-state index >= 15 is 0 Å². The molecule has 1 aromatic carbocycles. The van der Waals surface area contributed by atoms with Gasteiger partial charge in [0.1, 0.15) is 5.60 Å². The number of hydrogen-bond donors (Lipinski definition) is 0. The lowest BCUT2D eigenvalue weighted by atomic mass is 9.92. The first-order chi connectivity index (χ1) is 13.0. The lowest BCUT2D eigenvalue weighted by Crippen LogP contribution is -2.50. The van der Waals surface area contributed by atoms with Gasteiger partial charge in [-0.15, -0.1) is 0 Å². The molecule has 2 rings (SSSR count). The molecule has 156 valence electrons. The van der Waals surface area contributed by atoms with E-state index in [2.05, 4.69) is 37.8 Å². The molecule has 28 heavy (non-hydrogen) atoms. The van der Waals surface area contributed by atoms with Crippen LogP contribution in [0.25, 0.3) is 5.57 Å². The Balaban J connectivity index is 2.02. The number of nitrogens with zero attached hydrogens (tertiary/aromatic N) is 2. The van der Waals surface area contributed by atoms with Crippen molar-refractivity contribution in [2.75, 3.05) is 32.7 Å². The van der Waals surface area contributed by atoms with Crippen molar-refractivity contribution in [1.29, 1.82) is 0 Å². The Hall–Kier alpha value is -1.52. The van der Waals surface area contributed by atoms with Crippen LogP contribution in [0, 0.1) is 5.92 Å². The van der Waals surface area contributed by atoms with Crippen molar-refractivity contribution in [2.45, 2.75) is 53.6 Å². The Morgan fingerprint density at radius 3 is 2.18 bits per heavy atom. The first kappa shape index (κ1) is 22.8. The minimum Gasteiger partial charge on any atom is -0.444 e. The molecule has 1 heterocycles. The summed E-state index contributed by atoms with van der Waals surface area (Å²) in [6.45, 7) is 16.5. The number of halogens is 1. The molecular formula is C23H35ClN2O2. The van der Waals surface area contributed by atoms with Gasteiger partial charge >= 0.3 is 6.09 Å². The number of piperazine rings is 1. The summed E-state index contributed by atoms with van der Waals surface area (Å²) in [7, 11) is 0. The molecular weight excluding hydrogens is 372 g/mol. The molecule has 0 radical (unpaired) electrons. The highest BCUT2D eigenvalue weighted by atomic mass is 35.5.